The number of nitrogens with one attached hydrogen (secondary N) is 1. The molecular formula is C19H20FN3O4S. The maximum absolute atomic E-state index is 13.3. The average Bonchev–Trinajstić information content (AvgIpc) is 2.72. The third-order valence-corrected chi connectivity index (χ3v) is 6.17. The molecule has 0 spiro atoms. The molecule has 0 bridgehead atoms. The first-order valence-electron chi connectivity index (χ1n) is 8.66. The van der Waals surface area contributed by atoms with Gasteiger partial charge in [0.05, 0.1) is 23.8 Å². The van der Waals surface area contributed by atoms with Crippen LogP contribution >= 0.6 is 0 Å². The summed E-state index contributed by atoms with van der Waals surface area (Å²) >= 11 is 0. The van der Waals surface area contributed by atoms with Crippen LogP contribution in [0.15, 0.2) is 58.5 Å². The number of amides is 1. The van der Waals surface area contributed by atoms with Crippen molar-refractivity contribution in [1.29, 1.82) is 0 Å². The summed E-state index contributed by atoms with van der Waals surface area (Å²) in [5.74, 6) is -0.964. The summed E-state index contributed by atoms with van der Waals surface area (Å²) in [6.07, 6.45) is 0. The van der Waals surface area contributed by atoms with E-state index < -0.39 is 21.7 Å². The minimum absolute atomic E-state index is 0.0351. The van der Waals surface area contributed by atoms with E-state index in [1.165, 1.54) is 40.7 Å². The van der Waals surface area contributed by atoms with Crippen LogP contribution in [0, 0.1) is 5.82 Å². The molecule has 1 amide bonds. The Balaban J connectivity index is 1.76. The number of hydrazone groups is 1. The topological polar surface area (TPSA) is 88.1 Å². The van der Waals surface area contributed by atoms with Gasteiger partial charge in [0.2, 0.25) is 10.0 Å². The number of sulfonamides is 1. The van der Waals surface area contributed by atoms with Gasteiger partial charge in [-0.15, -0.1) is 0 Å². The Morgan fingerprint density at radius 3 is 2.50 bits per heavy atom. The summed E-state index contributed by atoms with van der Waals surface area (Å²) in [5.41, 5.74) is 3.48. The zero-order valence-electron chi connectivity index (χ0n) is 15.3. The van der Waals surface area contributed by atoms with Gasteiger partial charge in [-0.1, -0.05) is 18.2 Å². The second kappa shape index (κ2) is 8.59. The highest BCUT2D eigenvalue weighted by Crippen LogP contribution is 2.18. The molecule has 1 heterocycles. The number of carbonyl (C=O) groups excluding carboxylic acids is 1. The van der Waals surface area contributed by atoms with Crippen molar-refractivity contribution in [2.24, 2.45) is 5.10 Å². The zero-order chi connectivity index (χ0) is 20.1. The molecular weight excluding hydrogens is 385 g/mol. The van der Waals surface area contributed by atoms with Crippen LogP contribution in [0.5, 0.6) is 0 Å². The summed E-state index contributed by atoms with van der Waals surface area (Å²) in [6.45, 7) is 2.86. The highest BCUT2D eigenvalue weighted by molar-refractivity contribution is 7.89. The summed E-state index contributed by atoms with van der Waals surface area (Å²) in [5, 5.41) is 3.97. The smallest absolute Gasteiger partial charge is 0.271 e. The highest BCUT2D eigenvalue weighted by atomic mass is 32.2. The van der Waals surface area contributed by atoms with Gasteiger partial charge in [-0.05, 0) is 37.3 Å². The number of carbonyl (C=O) groups is 1. The molecule has 2 aromatic rings. The normalized spacial score (nSPS) is 16.0. The van der Waals surface area contributed by atoms with Gasteiger partial charge in [0, 0.05) is 24.2 Å². The highest BCUT2D eigenvalue weighted by Gasteiger charge is 2.26. The number of hydrogen-bond donors (Lipinski definition) is 1. The van der Waals surface area contributed by atoms with Gasteiger partial charge in [0.15, 0.2) is 0 Å². The number of ether oxygens (including phenoxy) is 1. The number of morpholine rings is 1. The van der Waals surface area contributed by atoms with E-state index in [-0.39, 0.29) is 23.5 Å². The second-order valence-electron chi connectivity index (χ2n) is 6.19. The predicted molar refractivity (Wildman–Crippen MR) is 102 cm³/mol. The molecule has 1 aliphatic heterocycles. The number of nitrogens with zero attached hydrogens (tertiary/aromatic N) is 2. The first-order chi connectivity index (χ1) is 13.4. The number of hydrogen-bond acceptors (Lipinski definition) is 5. The molecule has 2 aromatic carbocycles. The Morgan fingerprint density at radius 1 is 1.11 bits per heavy atom. The maximum Gasteiger partial charge on any atom is 0.271 e. The van der Waals surface area contributed by atoms with E-state index in [4.69, 9.17) is 4.74 Å². The van der Waals surface area contributed by atoms with Crippen molar-refractivity contribution in [3.8, 4) is 0 Å². The van der Waals surface area contributed by atoms with Crippen LogP contribution in [0.4, 0.5) is 4.39 Å². The van der Waals surface area contributed by atoms with Crippen molar-refractivity contribution in [3.05, 3.63) is 65.5 Å². The zero-order valence-corrected chi connectivity index (χ0v) is 16.1. The van der Waals surface area contributed by atoms with Crippen LogP contribution in [0.2, 0.25) is 0 Å². The molecule has 1 aliphatic rings. The molecule has 148 valence electrons. The lowest BCUT2D eigenvalue weighted by Crippen LogP contribution is -2.40. The second-order valence-corrected chi connectivity index (χ2v) is 8.13. The molecule has 0 atom stereocenters. The standard InChI is InChI=1S/C19H20FN3O4S/c1-14(15-4-2-6-17(20)12-15)21-22-19(24)16-5-3-7-18(13-16)28(25,26)23-8-10-27-11-9-23/h2-7,12-13H,8-11H2,1H3,(H,22,24)/b21-14+. The van der Waals surface area contributed by atoms with Crippen molar-refractivity contribution >= 4 is 21.6 Å². The fourth-order valence-electron chi connectivity index (χ4n) is 2.71. The number of halogens is 1. The van der Waals surface area contributed by atoms with Gasteiger partial charge >= 0.3 is 0 Å². The fourth-order valence-corrected chi connectivity index (χ4v) is 4.17. The molecule has 3 rings (SSSR count). The van der Waals surface area contributed by atoms with Crippen LogP contribution in [-0.2, 0) is 14.8 Å². The van der Waals surface area contributed by atoms with Gasteiger partial charge < -0.3 is 4.74 Å². The summed E-state index contributed by atoms with van der Waals surface area (Å²) < 4.78 is 45.2. The van der Waals surface area contributed by atoms with Crippen LogP contribution in [0.3, 0.4) is 0 Å². The minimum atomic E-state index is -3.70. The molecule has 28 heavy (non-hydrogen) atoms. The van der Waals surface area contributed by atoms with E-state index in [0.29, 0.717) is 24.5 Å². The molecule has 0 unspecified atom stereocenters. The lowest BCUT2D eigenvalue weighted by Gasteiger charge is -2.26. The van der Waals surface area contributed by atoms with Gasteiger partial charge in [-0.25, -0.2) is 18.2 Å². The van der Waals surface area contributed by atoms with Gasteiger partial charge in [-0.3, -0.25) is 4.79 Å². The summed E-state index contributed by atoms with van der Waals surface area (Å²) in [7, 11) is -3.70. The molecule has 7 nitrogen and oxygen atoms in total. The SMILES string of the molecule is C/C(=N\NC(=O)c1cccc(S(=O)(=O)N2CCOCC2)c1)c1cccc(F)c1. The van der Waals surface area contributed by atoms with Gasteiger partial charge in [0.25, 0.3) is 5.91 Å². The summed E-state index contributed by atoms with van der Waals surface area (Å²) in [4.78, 5) is 12.4. The molecule has 0 aromatic heterocycles. The third kappa shape index (κ3) is 4.61. The molecule has 0 aliphatic carbocycles. The largest absolute Gasteiger partial charge is 0.379 e. The molecule has 9 heteroatoms. The Kier molecular flexibility index (Phi) is 6.18. The molecule has 1 saturated heterocycles. The monoisotopic (exact) mass is 405 g/mol. The average molecular weight is 405 g/mol. The molecule has 0 radical (unpaired) electrons. The number of benzene rings is 2. The third-order valence-electron chi connectivity index (χ3n) is 4.27. The van der Waals surface area contributed by atoms with Gasteiger partial charge in [0.1, 0.15) is 5.82 Å². The quantitative estimate of drug-likeness (QED) is 0.609. The van der Waals surface area contributed by atoms with E-state index in [1.807, 2.05) is 0 Å². The van der Waals surface area contributed by atoms with Crippen LogP contribution in [0.25, 0.3) is 0 Å². The lowest BCUT2D eigenvalue weighted by atomic mass is 10.1. The Labute approximate surface area is 162 Å². The first kappa shape index (κ1) is 20.1. The Bertz CT molecular complexity index is 1000. The Hall–Kier alpha value is -2.62. The maximum atomic E-state index is 13.3. The minimum Gasteiger partial charge on any atom is -0.379 e. The van der Waals surface area contributed by atoms with E-state index in [9.17, 15) is 17.6 Å². The molecule has 1 N–H and O–H groups in total. The lowest BCUT2D eigenvalue weighted by molar-refractivity contribution is 0.0730. The van der Waals surface area contributed by atoms with Crippen molar-refractivity contribution in [2.75, 3.05) is 26.3 Å². The van der Waals surface area contributed by atoms with Crippen LogP contribution < -0.4 is 5.43 Å². The number of rotatable bonds is 5. The molecule has 1 fully saturated rings. The van der Waals surface area contributed by atoms with Crippen LogP contribution in [0.1, 0.15) is 22.8 Å². The van der Waals surface area contributed by atoms with E-state index in [2.05, 4.69) is 10.5 Å². The van der Waals surface area contributed by atoms with Crippen molar-refractivity contribution in [3.63, 3.8) is 0 Å². The van der Waals surface area contributed by atoms with Crippen molar-refractivity contribution in [2.45, 2.75) is 11.8 Å². The summed E-state index contributed by atoms with van der Waals surface area (Å²) in [6, 6.07) is 11.6. The van der Waals surface area contributed by atoms with E-state index in [0.717, 1.165) is 0 Å². The fraction of sp³-hybridized carbons (Fsp3) is 0.263. The van der Waals surface area contributed by atoms with E-state index >= 15 is 0 Å². The van der Waals surface area contributed by atoms with Crippen molar-refractivity contribution < 1.29 is 22.3 Å². The molecule has 0 saturated carbocycles. The van der Waals surface area contributed by atoms with E-state index in [1.54, 1.807) is 19.1 Å². The predicted octanol–water partition coefficient (Wildman–Crippen LogP) is 2.00. The van der Waals surface area contributed by atoms with Crippen molar-refractivity contribution in [1.82, 2.24) is 9.73 Å². The van der Waals surface area contributed by atoms with Crippen LogP contribution in [-0.4, -0.2) is 50.6 Å². The van der Waals surface area contributed by atoms with Gasteiger partial charge in [-0.2, -0.15) is 9.41 Å². The first-order valence-corrected chi connectivity index (χ1v) is 10.1. The Morgan fingerprint density at radius 2 is 1.79 bits per heavy atom.